The first-order valence-electron chi connectivity index (χ1n) is 4.53. The quantitative estimate of drug-likeness (QED) is 0.617. The first-order valence-corrected chi connectivity index (χ1v) is 4.53. The second kappa shape index (κ2) is 2.51. The third-order valence-electron chi connectivity index (χ3n) is 2.80. The topological polar surface area (TPSA) is 12.0 Å². The van der Waals surface area contributed by atoms with Crippen molar-refractivity contribution >= 4 is 5.69 Å². The first-order chi connectivity index (χ1) is 5.68. The van der Waals surface area contributed by atoms with Crippen LogP contribution in [0.5, 0.6) is 0 Å². The van der Waals surface area contributed by atoms with E-state index in [0.717, 1.165) is 6.54 Å². The highest BCUT2D eigenvalue weighted by Gasteiger charge is 2.17. The lowest BCUT2D eigenvalue weighted by molar-refractivity contribution is 0.853. The molecule has 0 unspecified atom stereocenters. The number of hydrogen-bond acceptors (Lipinski definition) is 1. The van der Waals surface area contributed by atoms with Crippen LogP contribution in [0.4, 0.5) is 5.69 Å². The van der Waals surface area contributed by atoms with E-state index in [0.29, 0.717) is 5.92 Å². The van der Waals surface area contributed by atoms with E-state index in [1.165, 1.54) is 22.4 Å². The standard InChI is InChI=1S/C11H15N/c1-7-4-10-9(3)6-12-11(10)5-8(7)2/h4-5,9,12H,6H2,1-3H3/t9-/m1/s1. The Labute approximate surface area is 73.8 Å². The second-order valence-corrected chi connectivity index (χ2v) is 3.81. The van der Waals surface area contributed by atoms with E-state index in [9.17, 15) is 0 Å². The van der Waals surface area contributed by atoms with Gasteiger partial charge in [0.05, 0.1) is 0 Å². The van der Waals surface area contributed by atoms with Gasteiger partial charge in [0, 0.05) is 18.2 Å². The average Bonchev–Trinajstić information content (AvgIpc) is 2.35. The van der Waals surface area contributed by atoms with Crippen molar-refractivity contribution in [3.05, 3.63) is 28.8 Å². The Morgan fingerprint density at radius 2 is 1.92 bits per heavy atom. The summed E-state index contributed by atoms with van der Waals surface area (Å²) in [4.78, 5) is 0. The molecule has 1 nitrogen and oxygen atoms in total. The summed E-state index contributed by atoms with van der Waals surface area (Å²) >= 11 is 0. The molecule has 2 rings (SSSR count). The number of anilines is 1. The maximum atomic E-state index is 3.42. The third kappa shape index (κ3) is 1.01. The van der Waals surface area contributed by atoms with Gasteiger partial charge in [-0.2, -0.15) is 0 Å². The van der Waals surface area contributed by atoms with Crippen LogP contribution in [0, 0.1) is 13.8 Å². The molecule has 64 valence electrons. The Hall–Kier alpha value is -0.980. The van der Waals surface area contributed by atoms with Crippen molar-refractivity contribution in [2.24, 2.45) is 0 Å². The molecule has 1 aliphatic heterocycles. The molecule has 1 aromatic carbocycles. The van der Waals surface area contributed by atoms with Gasteiger partial charge in [-0.1, -0.05) is 13.0 Å². The number of nitrogens with one attached hydrogen (secondary N) is 1. The number of rotatable bonds is 0. The van der Waals surface area contributed by atoms with E-state index >= 15 is 0 Å². The number of hydrogen-bond donors (Lipinski definition) is 1. The van der Waals surface area contributed by atoms with Gasteiger partial charge < -0.3 is 5.32 Å². The minimum atomic E-state index is 0.680. The van der Waals surface area contributed by atoms with E-state index < -0.39 is 0 Å². The minimum absolute atomic E-state index is 0.680. The summed E-state index contributed by atoms with van der Waals surface area (Å²) in [6, 6.07) is 4.57. The maximum absolute atomic E-state index is 3.42. The zero-order valence-corrected chi connectivity index (χ0v) is 7.94. The maximum Gasteiger partial charge on any atom is 0.0379 e. The minimum Gasteiger partial charge on any atom is -0.384 e. The number of benzene rings is 1. The van der Waals surface area contributed by atoms with Crippen LogP contribution < -0.4 is 5.32 Å². The van der Waals surface area contributed by atoms with E-state index in [4.69, 9.17) is 0 Å². The summed E-state index contributed by atoms with van der Waals surface area (Å²) < 4.78 is 0. The molecule has 0 amide bonds. The van der Waals surface area contributed by atoms with Gasteiger partial charge in [-0.05, 0) is 36.6 Å². The Kier molecular flexibility index (Phi) is 1.60. The summed E-state index contributed by atoms with van der Waals surface area (Å²) in [5.74, 6) is 0.680. The molecule has 1 N–H and O–H groups in total. The van der Waals surface area contributed by atoms with Crippen LogP contribution in [0.1, 0.15) is 29.5 Å². The van der Waals surface area contributed by atoms with Crippen LogP contribution in [0.2, 0.25) is 0 Å². The monoisotopic (exact) mass is 161 g/mol. The summed E-state index contributed by atoms with van der Waals surface area (Å²) in [5, 5.41) is 3.42. The molecule has 0 bridgehead atoms. The van der Waals surface area contributed by atoms with Crippen molar-refractivity contribution in [3.63, 3.8) is 0 Å². The van der Waals surface area contributed by atoms with Crippen LogP contribution in [0.3, 0.4) is 0 Å². The van der Waals surface area contributed by atoms with Crippen LogP contribution in [0.15, 0.2) is 12.1 Å². The summed E-state index contributed by atoms with van der Waals surface area (Å²) in [6.07, 6.45) is 0. The highest BCUT2D eigenvalue weighted by molar-refractivity contribution is 5.60. The molecular formula is C11H15N. The molecule has 1 aliphatic rings. The lowest BCUT2D eigenvalue weighted by atomic mass is 9.99. The average molecular weight is 161 g/mol. The van der Waals surface area contributed by atoms with Gasteiger partial charge >= 0.3 is 0 Å². The van der Waals surface area contributed by atoms with Gasteiger partial charge in [-0.3, -0.25) is 0 Å². The Balaban J connectivity index is 2.56. The molecule has 0 fully saturated rings. The summed E-state index contributed by atoms with van der Waals surface area (Å²) in [7, 11) is 0. The van der Waals surface area contributed by atoms with Crippen molar-refractivity contribution in [1.29, 1.82) is 0 Å². The van der Waals surface area contributed by atoms with Gasteiger partial charge in [0.1, 0.15) is 0 Å². The van der Waals surface area contributed by atoms with Gasteiger partial charge in [0.25, 0.3) is 0 Å². The predicted octanol–water partition coefficient (Wildman–Crippen LogP) is 2.83. The molecule has 0 spiro atoms. The fourth-order valence-corrected chi connectivity index (χ4v) is 1.77. The SMILES string of the molecule is Cc1cc2c(cc1C)[C@H](C)CN2. The zero-order chi connectivity index (χ0) is 8.72. The molecular weight excluding hydrogens is 146 g/mol. The van der Waals surface area contributed by atoms with Crippen molar-refractivity contribution in [2.45, 2.75) is 26.7 Å². The fourth-order valence-electron chi connectivity index (χ4n) is 1.77. The van der Waals surface area contributed by atoms with E-state index in [1.54, 1.807) is 0 Å². The normalized spacial score (nSPS) is 20.4. The second-order valence-electron chi connectivity index (χ2n) is 3.81. The van der Waals surface area contributed by atoms with E-state index in [1.807, 2.05) is 0 Å². The molecule has 1 heteroatoms. The third-order valence-corrected chi connectivity index (χ3v) is 2.80. The van der Waals surface area contributed by atoms with Crippen LogP contribution in [0.25, 0.3) is 0 Å². The molecule has 0 aliphatic carbocycles. The summed E-state index contributed by atoms with van der Waals surface area (Å²) in [5.41, 5.74) is 5.61. The van der Waals surface area contributed by atoms with Crippen molar-refractivity contribution in [1.82, 2.24) is 0 Å². The zero-order valence-electron chi connectivity index (χ0n) is 7.94. The smallest absolute Gasteiger partial charge is 0.0379 e. The van der Waals surface area contributed by atoms with E-state index in [2.05, 4.69) is 38.2 Å². The van der Waals surface area contributed by atoms with Gasteiger partial charge in [0.2, 0.25) is 0 Å². The summed E-state index contributed by atoms with van der Waals surface area (Å²) in [6.45, 7) is 7.72. The lowest BCUT2D eigenvalue weighted by Crippen LogP contribution is -1.95. The Bertz CT molecular complexity index is 315. The molecule has 0 radical (unpaired) electrons. The molecule has 12 heavy (non-hydrogen) atoms. The van der Waals surface area contributed by atoms with Gasteiger partial charge in [0.15, 0.2) is 0 Å². The van der Waals surface area contributed by atoms with Crippen LogP contribution in [-0.2, 0) is 0 Å². The molecule has 1 aromatic rings. The molecule has 1 atom stereocenters. The molecule has 0 saturated heterocycles. The Morgan fingerprint density at radius 1 is 1.25 bits per heavy atom. The van der Waals surface area contributed by atoms with Crippen molar-refractivity contribution in [2.75, 3.05) is 11.9 Å². The predicted molar refractivity (Wildman–Crippen MR) is 52.8 cm³/mol. The van der Waals surface area contributed by atoms with Crippen LogP contribution in [-0.4, -0.2) is 6.54 Å². The van der Waals surface area contributed by atoms with Gasteiger partial charge in [-0.25, -0.2) is 0 Å². The highest BCUT2D eigenvalue weighted by Crippen LogP contribution is 2.32. The van der Waals surface area contributed by atoms with Crippen LogP contribution >= 0.6 is 0 Å². The number of fused-ring (bicyclic) bond motifs is 1. The Morgan fingerprint density at radius 3 is 2.67 bits per heavy atom. The number of aryl methyl sites for hydroxylation is 2. The van der Waals surface area contributed by atoms with Crippen molar-refractivity contribution < 1.29 is 0 Å². The van der Waals surface area contributed by atoms with Gasteiger partial charge in [-0.15, -0.1) is 0 Å². The van der Waals surface area contributed by atoms with Crippen molar-refractivity contribution in [3.8, 4) is 0 Å². The molecule has 0 aromatic heterocycles. The lowest BCUT2D eigenvalue weighted by Gasteiger charge is -2.06. The fraction of sp³-hybridized carbons (Fsp3) is 0.455. The molecule has 1 heterocycles. The first kappa shape index (κ1) is 7.66. The molecule has 0 saturated carbocycles. The largest absolute Gasteiger partial charge is 0.384 e. The van der Waals surface area contributed by atoms with E-state index in [-0.39, 0.29) is 0 Å². The highest BCUT2D eigenvalue weighted by atomic mass is 14.9.